The second-order valence-corrected chi connectivity index (χ2v) is 4.70. The third-order valence-corrected chi connectivity index (χ3v) is 3.07. The van der Waals surface area contributed by atoms with Crippen LogP contribution in [0.25, 0.3) is 0 Å². The van der Waals surface area contributed by atoms with Crippen molar-refractivity contribution in [2.24, 2.45) is 5.73 Å². The van der Waals surface area contributed by atoms with Crippen molar-refractivity contribution in [2.45, 2.75) is 25.9 Å². The van der Waals surface area contributed by atoms with Crippen LogP contribution in [0.15, 0.2) is 6.20 Å². The van der Waals surface area contributed by atoms with Gasteiger partial charge in [0.1, 0.15) is 0 Å². The Morgan fingerprint density at radius 3 is 3.17 bits per heavy atom. The van der Waals surface area contributed by atoms with Gasteiger partial charge in [-0.1, -0.05) is 23.2 Å². The van der Waals surface area contributed by atoms with Gasteiger partial charge in [-0.3, -0.25) is 4.79 Å². The van der Waals surface area contributed by atoms with E-state index in [4.69, 9.17) is 10.5 Å². The van der Waals surface area contributed by atoms with E-state index in [1.807, 2.05) is 6.92 Å². The van der Waals surface area contributed by atoms with E-state index in [1.54, 1.807) is 13.3 Å². The quantitative estimate of drug-likeness (QED) is 0.786. The van der Waals surface area contributed by atoms with Gasteiger partial charge < -0.3 is 15.8 Å². The Morgan fingerprint density at radius 1 is 1.72 bits per heavy atom. The summed E-state index contributed by atoms with van der Waals surface area (Å²) in [5, 5.41) is 3.29. The molecule has 0 fully saturated rings. The van der Waals surface area contributed by atoms with Crippen LogP contribution in [0.2, 0.25) is 0 Å². The Labute approximate surface area is 111 Å². The number of nitrogens with two attached hydrogens (primary N) is 1. The van der Waals surface area contributed by atoms with Gasteiger partial charge in [0.15, 0.2) is 5.13 Å². The standard InChI is InChI=1S/C12H17N3O2S/c1-9(17-2)5-6-11(16)15-12-14-8-10(18-12)4-3-7-13/h8-9H,5-7,13H2,1-2H3,(H,14,15,16). The first-order valence-corrected chi connectivity index (χ1v) is 6.44. The minimum absolute atomic E-state index is 0.0633. The van der Waals surface area contributed by atoms with Crippen LogP contribution >= 0.6 is 11.3 Å². The molecule has 0 radical (unpaired) electrons. The van der Waals surface area contributed by atoms with Crippen molar-refractivity contribution < 1.29 is 9.53 Å². The molecule has 1 aromatic heterocycles. The lowest BCUT2D eigenvalue weighted by molar-refractivity contribution is -0.116. The van der Waals surface area contributed by atoms with Crippen LogP contribution in [0.4, 0.5) is 5.13 Å². The number of anilines is 1. The predicted molar refractivity (Wildman–Crippen MR) is 72.4 cm³/mol. The van der Waals surface area contributed by atoms with Crippen molar-refractivity contribution in [1.82, 2.24) is 4.98 Å². The monoisotopic (exact) mass is 267 g/mol. The summed E-state index contributed by atoms with van der Waals surface area (Å²) in [5.74, 6) is 5.54. The number of thiazole rings is 1. The maximum atomic E-state index is 11.6. The molecule has 1 rings (SSSR count). The number of amides is 1. The van der Waals surface area contributed by atoms with Gasteiger partial charge in [-0.15, -0.1) is 0 Å². The van der Waals surface area contributed by atoms with Crippen LogP contribution in [0.5, 0.6) is 0 Å². The maximum absolute atomic E-state index is 11.6. The van der Waals surface area contributed by atoms with Crippen LogP contribution in [0.3, 0.4) is 0 Å². The molecule has 0 spiro atoms. The van der Waals surface area contributed by atoms with Crippen LogP contribution in [0.1, 0.15) is 24.6 Å². The second-order valence-electron chi connectivity index (χ2n) is 3.67. The Kier molecular flexibility index (Phi) is 6.36. The van der Waals surface area contributed by atoms with E-state index in [9.17, 15) is 4.79 Å². The summed E-state index contributed by atoms with van der Waals surface area (Å²) in [5.41, 5.74) is 5.27. The van der Waals surface area contributed by atoms with Crippen LogP contribution < -0.4 is 11.1 Å². The fourth-order valence-corrected chi connectivity index (χ4v) is 1.87. The van der Waals surface area contributed by atoms with E-state index in [0.29, 0.717) is 24.5 Å². The molecule has 0 aliphatic rings. The smallest absolute Gasteiger partial charge is 0.226 e. The third kappa shape index (κ3) is 5.27. The SMILES string of the molecule is COC(C)CCC(=O)Nc1ncc(C#CCN)s1. The molecular weight excluding hydrogens is 250 g/mol. The summed E-state index contributed by atoms with van der Waals surface area (Å²) < 4.78 is 5.08. The summed E-state index contributed by atoms with van der Waals surface area (Å²) in [6, 6.07) is 0. The van der Waals surface area contributed by atoms with Crippen molar-refractivity contribution >= 4 is 22.4 Å². The van der Waals surface area contributed by atoms with Crippen LogP contribution in [-0.2, 0) is 9.53 Å². The first kappa shape index (κ1) is 14.6. The molecule has 1 atom stereocenters. The van der Waals surface area contributed by atoms with Crippen molar-refractivity contribution in [3.63, 3.8) is 0 Å². The molecular formula is C12H17N3O2S. The molecule has 0 aliphatic heterocycles. The Bertz CT molecular complexity index is 448. The molecule has 0 aromatic carbocycles. The number of carbonyl (C=O) groups is 1. The van der Waals surface area contributed by atoms with Gasteiger partial charge in [0, 0.05) is 13.5 Å². The molecule has 1 unspecified atom stereocenters. The van der Waals surface area contributed by atoms with Crippen molar-refractivity contribution in [2.75, 3.05) is 19.0 Å². The molecule has 0 saturated heterocycles. The first-order valence-electron chi connectivity index (χ1n) is 5.63. The van der Waals surface area contributed by atoms with Gasteiger partial charge in [-0.05, 0) is 13.3 Å². The number of carbonyl (C=O) groups excluding carboxylic acids is 1. The zero-order valence-electron chi connectivity index (χ0n) is 10.5. The average molecular weight is 267 g/mol. The molecule has 5 nitrogen and oxygen atoms in total. The summed E-state index contributed by atoms with van der Waals surface area (Å²) >= 11 is 1.34. The van der Waals surface area contributed by atoms with E-state index in [1.165, 1.54) is 11.3 Å². The van der Waals surface area contributed by atoms with E-state index in [2.05, 4.69) is 22.1 Å². The third-order valence-electron chi connectivity index (χ3n) is 2.25. The molecule has 18 heavy (non-hydrogen) atoms. The highest BCUT2D eigenvalue weighted by molar-refractivity contribution is 7.16. The van der Waals surface area contributed by atoms with Gasteiger partial charge in [-0.25, -0.2) is 4.98 Å². The lowest BCUT2D eigenvalue weighted by Crippen LogP contribution is -2.14. The second kappa shape index (κ2) is 7.82. The number of nitrogens with zero attached hydrogens (tertiary/aromatic N) is 1. The number of methoxy groups -OCH3 is 1. The Hall–Kier alpha value is -1.42. The maximum Gasteiger partial charge on any atom is 0.226 e. The highest BCUT2D eigenvalue weighted by Crippen LogP contribution is 2.17. The number of ether oxygens (including phenoxy) is 1. The Morgan fingerprint density at radius 2 is 2.50 bits per heavy atom. The summed E-state index contributed by atoms with van der Waals surface area (Å²) in [7, 11) is 1.63. The van der Waals surface area contributed by atoms with Gasteiger partial charge in [0.25, 0.3) is 0 Å². The molecule has 98 valence electrons. The van der Waals surface area contributed by atoms with Crippen LogP contribution in [-0.4, -0.2) is 30.6 Å². The van der Waals surface area contributed by atoms with Crippen molar-refractivity contribution in [1.29, 1.82) is 0 Å². The summed E-state index contributed by atoms with van der Waals surface area (Å²) in [6.45, 7) is 2.24. The summed E-state index contributed by atoms with van der Waals surface area (Å²) in [6.07, 6.45) is 2.81. The number of aromatic nitrogens is 1. The van der Waals surface area contributed by atoms with E-state index in [-0.39, 0.29) is 12.0 Å². The fraction of sp³-hybridized carbons (Fsp3) is 0.500. The van der Waals surface area contributed by atoms with E-state index < -0.39 is 0 Å². The molecule has 0 bridgehead atoms. The largest absolute Gasteiger partial charge is 0.382 e. The van der Waals surface area contributed by atoms with Gasteiger partial charge >= 0.3 is 0 Å². The molecule has 1 heterocycles. The number of rotatable bonds is 5. The predicted octanol–water partition coefficient (Wildman–Crippen LogP) is 1.21. The zero-order chi connectivity index (χ0) is 13.4. The van der Waals surface area contributed by atoms with Crippen molar-refractivity contribution in [3.05, 3.63) is 11.1 Å². The lowest BCUT2D eigenvalue weighted by Gasteiger charge is -2.07. The molecule has 3 N–H and O–H groups in total. The van der Waals surface area contributed by atoms with Crippen LogP contribution in [0, 0.1) is 11.8 Å². The van der Waals surface area contributed by atoms with Gasteiger partial charge in [0.05, 0.1) is 23.7 Å². The number of hydrogen-bond acceptors (Lipinski definition) is 5. The van der Waals surface area contributed by atoms with Crippen molar-refractivity contribution in [3.8, 4) is 11.8 Å². The molecule has 1 amide bonds. The molecule has 0 saturated carbocycles. The Balaban J connectivity index is 2.42. The number of nitrogens with one attached hydrogen (secondary N) is 1. The molecule has 1 aromatic rings. The summed E-state index contributed by atoms with van der Waals surface area (Å²) in [4.78, 5) is 16.5. The minimum Gasteiger partial charge on any atom is -0.382 e. The molecule has 0 aliphatic carbocycles. The lowest BCUT2D eigenvalue weighted by atomic mass is 10.2. The highest BCUT2D eigenvalue weighted by Gasteiger charge is 2.08. The van der Waals surface area contributed by atoms with Gasteiger partial charge in [-0.2, -0.15) is 0 Å². The van der Waals surface area contributed by atoms with E-state index >= 15 is 0 Å². The zero-order valence-corrected chi connectivity index (χ0v) is 11.3. The first-order chi connectivity index (χ1) is 8.65. The average Bonchev–Trinajstić information content (AvgIpc) is 2.81. The normalized spacial score (nSPS) is 11.5. The fourth-order valence-electron chi connectivity index (χ4n) is 1.16. The van der Waals surface area contributed by atoms with E-state index in [0.717, 1.165) is 4.88 Å². The highest BCUT2D eigenvalue weighted by atomic mass is 32.1. The van der Waals surface area contributed by atoms with Gasteiger partial charge in [0.2, 0.25) is 5.91 Å². The number of hydrogen-bond donors (Lipinski definition) is 2. The minimum atomic E-state index is -0.0633. The topological polar surface area (TPSA) is 77.2 Å². The molecule has 6 heteroatoms.